The molecule has 0 saturated carbocycles. The number of rotatable bonds is 1. The van der Waals surface area contributed by atoms with Crippen LogP contribution in [-0.4, -0.2) is 10.3 Å². The first-order valence-electron chi connectivity index (χ1n) is 10.2. The third-order valence-electron chi connectivity index (χ3n) is 7.03. The fraction of sp³-hybridized carbons (Fsp3) is 0.500. The first-order chi connectivity index (χ1) is 12.9. The summed E-state index contributed by atoms with van der Waals surface area (Å²) >= 11 is 0. The molecule has 4 atom stereocenters. The highest BCUT2D eigenvalue weighted by Crippen LogP contribution is 2.87. The van der Waals surface area contributed by atoms with Gasteiger partial charge in [0, 0.05) is 22.6 Å². The Labute approximate surface area is 169 Å². The van der Waals surface area contributed by atoms with Crippen molar-refractivity contribution >= 4 is 14.3 Å². The van der Waals surface area contributed by atoms with Gasteiger partial charge in [0.05, 0.1) is 11.3 Å². The number of benzene rings is 2. The van der Waals surface area contributed by atoms with Gasteiger partial charge in [-0.05, 0) is 22.3 Å². The molecule has 0 radical (unpaired) electrons. The first kappa shape index (κ1) is 20.2. The summed E-state index contributed by atoms with van der Waals surface area (Å²) in [6.07, 6.45) is 1.25. The van der Waals surface area contributed by atoms with Gasteiger partial charge in [-0.3, -0.25) is 0 Å². The Morgan fingerprint density at radius 3 is 1.29 bits per heavy atom. The van der Waals surface area contributed by atoms with E-state index in [-0.39, 0.29) is 21.6 Å². The molecule has 2 aliphatic heterocycles. The molecule has 0 aromatic heterocycles. The van der Waals surface area contributed by atoms with Gasteiger partial charge in [-0.25, -0.2) is 0 Å². The van der Waals surface area contributed by atoms with Gasteiger partial charge in [0.2, 0.25) is 0 Å². The Balaban J connectivity index is 2.03. The molecule has 0 unspecified atom stereocenters. The lowest BCUT2D eigenvalue weighted by molar-refractivity contribution is 0.521. The summed E-state index contributed by atoms with van der Waals surface area (Å²) in [7, 11) is -5.34. The van der Waals surface area contributed by atoms with Crippen LogP contribution in [0.15, 0.2) is 48.5 Å². The minimum absolute atomic E-state index is 0.155. The molecule has 2 aromatic carbocycles. The van der Waals surface area contributed by atoms with Crippen molar-refractivity contribution < 1.29 is 9.13 Å². The van der Waals surface area contributed by atoms with Gasteiger partial charge in [-0.2, -0.15) is 0 Å². The highest BCUT2D eigenvalue weighted by molar-refractivity contribution is 7.69. The van der Waals surface area contributed by atoms with Crippen LogP contribution in [0.4, 0.5) is 0 Å². The molecule has 4 rings (SSSR count). The standard InChI is InChI=1S/C24H32O2P2/c1-23(2,3)27(25)15-17-11-7-9-13-19(17)21(27)22-20-14-10-8-12-18(20)16-28(22,26)24(4,5)6/h7-14,21-22H,15-16H2,1-6H3/t21-,22-,27-,28-/m1/s1. The lowest BCUT2D eigenvalue weighted by Gasteiger charge is -2.42. The van der Waals surface area contributed by atoms with Crippen LogP contribution in [0.1, 0.15) is 75.1 Å². The lowest BCUT2D eigenvalue weighted by atomic mass is 9.98. The SMILES string of the molecule is CC(C)(C)[P@@]1(=O)Cc2ccccc2[C@@H]1[C@H]1c2ccccc2C[P@]1(=O)C(C)(C)C. The van der Waals surface area contributed by atoms with Crippen LogP contribution < -0.4 is 0 Å². The van der Waals surface area contributed by atoms with Gasteiger partial charge in [0.15, 0.2) is 0 Å². The third-order valence-corrected chi connectivity index (χ3v) is 16.4. The molecule has 2 heterocycles. The smallest absolute Gasteiger partial charge is 0.105 e. The zero-order chi connectivity index (χ0) is 20.5. The van der Waals surface area contributed by atoms with Crippen molar-refractivity contribution in [1.29, 1.82) is 0 Å². The van der Waals surface area contributed by atoms with E-state index in [2.05, 4.69) is 65.8 Å². The van der Waals surface area contributed by atoms with E-state index in [0.717, 1.165) is 0 Å². The maximum atomic E-state index is 14.7. The van der Waals surface area contributed by atoms with Crippen molar-refractivity contribution in [3.63, 3.8) is 0 Å². The van der Waals surface area contributed by atoms with Crippen molar-refractivity contribution in [3.8, 4) is 0 Å². The molecule has 0 bridgehead atoms. The average molecular weight is 414 g/mol. The summed E-state index contributed by atoms with van der Waals surface area (Å²) < 4.78 is 29.4. The van der Waals surface area contributed by atoms with Gasteiger partial charge >= 0.3 is 0 Å². The molecular weight excluding hydrogens is 382 g/mol. The topological polar surface area (TPSA) is 34.1 Å². The van der Waals surface area contributed by atoms with Crippen LogP contribution in [0.5, 0.6) is 0 Å². The van der Waals surface area contributed by atoms with Gasteiger partial charge < -0.3 is 9.13 Å². The van der Waals surface area contributed by atoms with E-state index in [4.69, 9.17) is 0 Å². The van der Waals surface area contributed by atoms with Gasteiger partial charge in [-0.1, -0.05) is 90.1 Å². The molecule has 0 fully saturated rings. The summed E-state index contributed by atoms with van der Waals surface area (Å²) in [4.78, 5) is 0. The van der Waals surface area contributed by atoms with E-state index in [1.54, 1.807) is 0 Å². The van der Waals surface area contributed by atoms with E-state index in [1.807, 2.05) is 24.3 Å². The van der Waals surface area contributed by atoms with E-state index in [1.165, 1.54) is 22.3 Å². The number of fused-ring (bicyclic) bond motifs is 2. The van der Waals surface area contributed by atoms with E-state index in [9.17, 15) is 9.13 Å². The van der Waals surface area contributed by atoms with Crippen molar-refractivity contribution in [2.45, 2.75) is 75.5 Å². The summed E-state index contributed by atoms with van der Waals surface area (Å²) in [5.74, 6) is 0. The summed E-state index contributed by atoms with van der Waals surface area (Å²) in [5.41, 5.74) is 4.42. The van der Waals surface area contributed by atoms with Gasteiger partial charge in [0.25, 0.3) is 0 Å². The molecule has 150 valence electrons. The van der Waals surface area contributed by atoms with Gasteiger partial charge in [0.1, 0.15) is 14.3 Å². The Morgan fingerprint density at radius 2 is 0.964 bits per heavy atom. The normalized spacial score (nSPS) is 32.2. The molecule has 4 heteroatoms. The highest BCUT2D eigenvalue weighted by Gasteiger charge is 2.60. The first-order valence-corrected chi connectivity index (χ1v) is 14.2. The largest absolute Gasteiger partial charge is 0.322 e. The van der Waals surface area contributed by atoms with E-state index < -0.39 is 14.3 Å². The summed E-state index contributed by atoms with van der Waals surface area (Å²) in [5, 5.41) is -0.645. The fourth-order valence-corrected chi connectivity index (χ4v) is 13.7. The van der Waals surface area contributed by atoms with E-state index in [0.29, 0.717) is 12.3 Å². The molecule has 0 amide bonds. The van der Waals surface area contributed by atoms with Crippen LogP contribution in [-0.2, 0) is 21.5 Å². The predicted octanol–water partition coefficient (Wildman–Crippen LogP) is 7.82. The van der Waals surface area contributed by atoms with Crippen LogP contribution in [0.25, 0.3) is 0 Å². The van der Waals surface area contributed by atoms with Crippen LogP contribution >= 0.6 is 14.3 Å². The average Bonchev–Trinajstić information content (AvgIpc) is 3.05. The molecule has 2 nitrogen and oxygen atoms in total. The monoisotopic (exact) mass is 414 g/mol. The van der Waals surface area contributed by atoms with Crippen LogP contribution in [0, 0.1) is 0 Å². The molecular formula is C24H32O2P2. The molecule has 0 N–H and O–H groups in total. The minimum Gasteiger partial charge on any atom is -0.322 e. The molecule has 0 aliphatic carbocycles. The molecule has 2 aromatic rings. The van der Waals surface area contributed by atoms with Crippen LogP contribution in [0.3, 0.4) is 0 Å². The number of hydrogen-bond acceptors (Lipinski definition) is 2. The van der Waals surface area contributed by atoms with Crippen LogP contribution in [0.2, 0.25) is 0 Å². The fourth-order valence-electron chi connectivity index (χ4n) is 5.19. The Hall–Kier alpha value is -1.10. The second-order valence-electron chi connectivity index (χ2n) is 10.5. The molecule has 0 spiro atoms. The van der Waals surface area contributed by atoms with Crippen molar-refractivity contribution in [1.82, 2.24) is 0 Å². The summed E-state index contributed by atoms with van der Waals surface area (Å²) in [6.45, 7) is 12.6. The van der Waals surface area contributed by atoms with Crippen molar-refractivity contribution in [2.24, 2.45) is 0 Å². The quantitative estimate of drug-likeness (QED) is 0.446. The molecule has 0 saturated heterocycles. The summed E-state index contributed by atoms with van der Waals surface area (Å²) in [6, 6.07) is 16.7. The Kier molecular flexibility index (Phi) is 4.47. The van der Waals surface area contributed by atoms with Gasteiger partial charge in [-0.15, -0.1) is 0 Å². The number of hydrogen-bond donors (Lipinski definition) is 0. The van der Waals surface area contributed by atoms with Crippen molar-refractivity contribution in [3.05, 3.63) is 70.8 Å². The molecule has 2 aliphatic rings. The second kappa shape index (κ2) is 6.20. The minimum atomic E-state index is -2.67. The maximum absolute atomic E-state index is 14.7. The predicted molar refractivity (Wildman–Crippen MR) is 120 cm³/mol. The Bertz CT molecular complexity index is 940. The van der Waals surface area contributed by atoms with Crippen molar-refractivity contribution in [2.75, 3.05) is 0 Å². The zero-order valence-corrected chi connectivity index (χ0v) is 19.7. The lowest BCUT2D eigenvalue weighted by Crippen LogP contribution is -2.24. The highest BCUT2D eigenvalue weighted by atomic mass is 31.2. The molecule has 28 heavy (non-hydrogen) atoms. The third kappa shape index (κ3) is 2.68. The second-order valence-corrected chi connectivity index (χ2v) is 18.1. The Morgan fingerprint density at radius 1 is 0.643 bits per heavy atom. The maximum Gasteiger partial charge on any atom is 0.105 e. The zero-order valence-electron chi connectivity index (χ0n) is 17.9. The van der Waals surface area contributed by atoms with E-state index >= 15 is 0 Å².